The molecule has 0 bridgehead atoms. The van der Waals surface area contributed by atoms with Crippen LogP contribution in [0.15, 0.2) is 12.1 Å². The van der Waals surface area contributed by atoms with Crippen molar-refractivity contribution in [3.8, 4) is 0 Å². The third-order valence-corrected chi connectivity index (χ3v) is 12.4. The Bertz CT molecular complexity index is 327. The third-order valence-electron chi connectivity index (χ3n) is 2.49. The topological polar surface area (TPSA) is 0 Å². The fraction of sp³-hybridized carbons (Fsp3) is 0.538. The molecular formula is C13H22SSn. The first kappa shape index (κ1) is 13.4. The quantitative estimate of drug-likeness (QED) is 0.726. The second-order valence-corrected chi connectivity index (χ2v) is 28.6. The van der Waals surface area contributed by atoms with E-state index in [1.54, 1.807) is 5.56 Å². The Morgan fingerprint density at radius 1 is 1.00 bits per heavy atom. The van der Waals surface area contributed by atoms with E-state index in [-0.39, 0.29) is 0 Å². The number of benzene rings is 1. The minimum atomic E-state index is -1.67. The van der Waals surface area contributed by atoms with Crippen LogP contribution in [0.25, 0.3) is 0 Å². The van der Waals surface area contributed by atoms with E-state index in [4.69, 9.17) is 0 Å². The Kier molecular flexibility index (Phi) is 4.60. The number of hydrogen-bond acceptors (Lipinski definition) is 1. The van der Waals surface area contributed by atoms with Gasteiger partial charge in [0.25, 0.3) is 0 Å². The van der Waals surface area contributed by atoms with Crippen molar-refractivity contribution in [3.63, 3.8) is 0 Å². The molecule has 0 saturated heterocycles. The van der Waals surface area contributed by atoms with Gasteiger partial charge in [-0.15, -0.1) is 0 Å². The predicted molar refractivity (Wildman–Crippen MR) is 75.3 cm³/mol. The van der Waals surface area contributed by atoms with Gasteiger partial charge < -0.3 is 0 Å². The molecule has 0 nitrogen and oxygen atoms in total. The van der Waals surface area contributed by atoms with Crippen molar-refractivity contribution in [3.05, 3.63) is 34.4 Å². The van der Waals surface area contributed by atoms with Gasteiger partial charge in [0.15, 0.2) is 0 Å². The Morgan fingerprint density at radius 2 is 1.47 bits per heavy atom. The molecule has 0 spiro atoms. The minimum absolute atomic E-state index is 1.22. The van der Waals surface area contributed by atoms with Gasteiger partial charge in [-0.3, -0.25) is 0 Å². The van der Waals surface area contributed by atoms with Crippen LogP contribution in [0.3, 0.4) is 0 Å². The Morgan fingerprint density at radius 3 is 1.87 bits per heavy atom. The van der Waals surface area contributed by atoms with Crippen molar-refractivity contribution in [1.29, 1.82) is 0 Å². The summed E-state index contributed by atoms with van der Waals surface area (Å²) in [5.41, 5.74) is 5.89. The van der Waals surface area contributed by atoms with Crippen LogP contribution in [-0.4, -0.2) is 17.0 Å². The van der Waals surface area contributed by atoms with Crippen LogP contribution in [0.4, 0.5) is 0 Å². The summed E-state index contributed by atoms with van der Waals surface area (Å²) < 4.78 is 0. The van der Waals surface area contributed by atoms with Crippen LogP contribution in [0.1, 0.15) is 22.3 Å². The molecule has 0 radical (unpaired) electrons. The van der Waals surface area contributed by atoms with Crippen LogP contribution < -0.4 is 0 Å². The summed E-state index contributed by atoms with van der Waals surface area (Å²) in [6.45, 7) is 6.67. The zero-order valence-corrected chi connectivity index (χ0v) is 14.4. The van der Waals surface area contributed by atoms with Gasteiger partial charge in [0.1, 0.15) is 0 Å². The normalized spacial score (nSPS) is 11.9. The molecule has 2 heteroatoms. The van der Waals surface area contributed by atoms with Crippen molar-refractivity contribution in [2.24, 2.45) is 0 Å². The first-order chi connectivity index (χ1) is 6.79. The standard InChI is InChI=1S/C10H14S.3CH3.Sn/c1-7-4-8(2)10(6-11)9(3)5-7;;;;/h4-5,11H,6H2,1-3H3;3*1H3;/q;;;;+1/p-1. The molecule has 15 heavy (non-hydrogen) atoms. The second-order valence-electron chi connectivity index (χ2n) is 5.28. The molecule has 0 N–H and O–H groups in total. The molecule has 1 rings (SSSR count). The molecule has 0 fully saturated rings. The molecule has 84 valence electrons. The summed E-state index contributed by atoms with van der Waals surface area (Å²) in [4.78, 5) is 7.45. The molecular weight excluding hydrogens is 307 g/mol. The van der Waals surface area contributed by atoms with Gasteiger partial charge in [0, 0.05) is 0 Å². The molecule has 0 aliphatic heterocycles. The van der Waals surface area contributed by atoms with E-state index in [9.17, 15) is 0 Å². The van der Waals surface area contributed by atoms with E-state index in [2.05, 4.69) is 56.7 Å². The molecule has 0 unspecified atom stereocenters. The Balaban J connectivity index is 2.86. The van der Waals surface area contributed by atoms with Crippen LogP contribution in [0, 0.1) is 20.8 Å². The summed E-state index contributed by atoms with van der Waals surface area (Å²) in [7, 11) is 2.23. The second kappa shape index (κ2) is 5.13. The average Bonchev–Trinajstić information content (AvgIpc) is 1.99. The fourth-order valence-corrected chi connectivity index (χ4v) is 7.70. The van der Waals surface area contributed by atoms with Crippen molar-refractivity contribution in [2.75, 3.05) is 0 Å². The van der Waals surface area contributed by atoms with E-state index >= 15 is 0 Å². The molecule has 0 atom stereocenters. The van der Waals surface area contributed by atoms with Crippen LogP contribution >= 0.6 is 8.95 Å². The van der Waals surface area contributed by atoms with Gasteiger partial charge in [0.05, 0.1) is 0 Å². The van der Waals surface area contributed by atoms with E-state index < -0.39 is 17.0 Å². The summed E-state index contributed by atoms with van der Waals surface area (Å²) in [6.07, 6.45) is 0. The summed E-state index contributed by atoms with van der Waals surface area (Å²) in [6, 6.07) is 4.61. The van der Waals surface area contributed by atoms with E-state index in [0.717, 1.165) is 0 Å². The van der Waals surface area contributed by atoms with Crippen molar-refractivity contribution in [2.45, 2.75) is 41.3 Å². The monoisotopic (exact) mass is 330 g/mol. The number of hydrogen-bond donors (Lipinski definition) is 0. The molecule has 0 amide bonds. The molecule has 1 aromatic rings. The van der Waals surface area contributed by atoms with E-state index in [1.165, 1.54) is 22.4 Å². The zero-order valence-electron chi connectivity index (χ0n) is 10.8. The first-order valence-corrected chi connectivity index (χ1v) is 18.5. The van der Waals surface area contributed by atoms with Crippen molar-refractivity contribution >= 4 is 25.9 Å². The zero-order chi connectivity index (χ0) is 11.6. The van der Waals surface area contributed by atoms with E-state index in [0.29, 0.717) is 0 Å². The molecule has 0 aliphatic rings. The molecule has 0 saturated carbocycles. The number of rotatable bonds is 3. The van der Waals surface area contributed by atoms with Gasteiger partial charge in [-0.1, -0.05) is 0 Å². The predicted octanol–water partition coefficient (Wildman–Crippen LogP) is 4.68. The first-order valence-electron chi connectivity index (χ1n) is 5.50. The van der Waals surface area contributed by atoms with Gasteiger partial charge in [-0.05, 0) is 0 Å². The average molecular weight is 329 g/mol. The van der Waals surface area contributed by atoms with Crippen LogP contribution in [0.2, 0.25) is 14.8 Å². The molecule has 0 aliphatic carbocycles. The maximum atomic E-state index is 2.48. The maximum absolute atomic E-state index is 2.48. The van der Waals surface area contributed by atoms with Crippen molar-refractivity contribution in [1.82, 2.24) is 0 Å². The molecule has 1 aromatic carbocycles. The SMILES string of the molecule is Cc1cc(C)c(C[S][Sn]([CH3])([CH3])[CH3])c(C)c1. The Labute approximate surface area is 101 Å². The van der Waals surface area contributed by atoms with Gasteiger partial charge in [-0.25, -0.2) is 0 Å². The summed E-state index contributed by atoms with van der Waals surface area (Å²) in [5.74, 6) is 1.22. The van der Waals surface area contributed by atoms with Gasteiger partial charge >= 0.3 is 102 Å². The Hall–Kier alpha value is 0.369. The third kappa shape index (κ3) is 4.39. The summed E-state index contributed by atoms with van der Waals surface area (Å²) >= 11 is -1.67. The van der Waals surface area contributed by atoms with Crippen molar-refractivity contribution < 1.29 is 0 Å². The number of aryl methyl sites for hydroxylation is 3. The molecule has 0 aromatic heterocycles. The van der Waals surface area contributed by atoms with Crippen LogP contribution in [-0.2, 0) is 5.75 Å². The fourth-order valence-electron chi connectivity index (χ4n) is 1.73. The summed E-state index contributed by atoms with van der Waals surface area (Å²) in [5, 5.41) is 0. The van der Waals surface area contributed by atoms with E-state index in [1.807, 2.05) is 0 Å². The van der Waals surface area contributed by atoms with Gasteiger partial charge in [0.2, 0.25) is 0 Å². The van der Waals surface area contributed by atoms with Gasteiger partial charge in [-0.2, -0.15) is 0 Å². The molecule has 0 heterocycles. The van der Waals surface area contributed by atoms with Crippen LogP contribution in [0.5, 0.6) is 0 Å².